The van der Waals surface area contributed by atoms with Crippen molar-refractivity contribution in [3.63, 3.8) is 0 Å². The minimum atomic E-state index is 0.387. The van der Waals surface area contributed by atoms with E-state index in [2.05, 4.69) is 31.7 Å². The molecule has 1 atom stereocenters. The highest BCUT2D eigenvalue weighted by atomic mass is 16.5. The number of methoxy groups -OCH3 is 1. The summed E-state index contributed by atoms with van der Waals surface area (Å²) < 4.78 is 5.09. The van der Waals surface area contributed by atoms with Crippen LogP contribution >= 0.6 is 0 Å². The van der Waals surface area contributed by atoms with Crippen molar-refractivity contribution in [1.82, 2.24) is 4.90 Å². The van der Waals surface area contributed by atoms with Crippen molar-refractivity contribution in [2.45, 2.75) is 39.3 Å². The Kier molecular flexibility index (Phi) is 6.56. The van der Waals surface area contributed by atoms with E-state index >= 15 is 0 Å². The number of hydrogen-bond acceptors (Lipinski definition) is 3. The molecule has 13 heavy (non-hydrogen) atoms. The second-order valence-electron chi connectivity index (χ2n) is 3.54. The van der Waals surface area contributed by atoms with E-state index in [1.807, 2.05) is 0 Å². The molecule has 0 aromatic rings. The first kappa shape index (κ1) is 12.4. The Morgan fingerprint density at radius 2 is 2.00 bits per heavy atom. The van der Waals surface area contributed by atoms with Gasteiger partial charge < -0.3 is 4.74 Å². The first-order chi connectivity index (χ1) is 6.13. The van der Waals surface area contributed by atoms with Gasteiger partial charge in [0, 0.05) is 32.2 Å². The van der Waals surface area contributed by atoms with Crippen LogP contribution in [0.1, 0.15) is 27.2 Å². The number of ether oxygens (including phenoxy) is 1. The van der Waals surface area contributed by atoms with Gasteiger partial charge in [-0.2, -0.15) is 5.26 Å². The molecule has 0 aliphatic rings. The lowest BCUT2D eigenvalue weighted by Crippen LogP contribution is -2.41. The van der Waals surface area contributed by atoms with Gasteiger partial charge in [0.05, 0.1) is 12.7 Å². The van der Waals surface area contributed by atoms with Crippen LogP contribution in [-0.4, -0.2) is 37.2 Å². The molecule has 0 spiro atoms. The van der Waals surface area contributed by atoms with Crippen LogP contribution in [0.4, 0.5) is 0 Å². The van der Waals surface area contributed by atoms with Gasteiger partial charge >= 0.3 is 0 Å². The molecule has 0 saturated carbocycles. The summed E-state index contributed by atoms with van der Waals surface area (Å²) in [5.74, 6) is 0. The van der Waals surface area contributed by atoms with Crippen molar-refractivity contribution in [2.75, 3.05) is 20.3 Å². The van der Waals surface area contributed by atoms with Gasteiger partial charge in [-0.15, -0.1) is 0 Å². The molecule has 0 heterocycles. The Morgan fingerprint density at radius 1 is 1.38 bits per heavy atom. The van der Waals surface area contributed by atoms with Crippen LogP contribution in [0.3, 0.4) is 0 Å². The van der Waals surface area contributed by atoms with E-state index < -0.39 is 0 Å². The third-order valence-electron chi connectivity index (χ3n) is 2.12. The fraction of sp³-hybridized carbons (Fsp3) is 0.900. The molecule has 0 radical (unpaired) electrons. The largest absolute Gasteiger partial charge is 0.383 e. The van der Waals surface area contributed by atoms with E-state index in [1.54, 1.807) is 7.11 Å². The van der Waals surface area contributed by atoms with Crippen molar-refractivity contribution in [3.05, 3.63) is 0 Å². The lowest BCUT2D eigenvalue weighted by molar-refractivity contribution is 0.0810. The molecule has 0 aromatic carbocycles. The van der Waals surface area contributed by atoms with Crippen LogP contribution in [0.15, 0.2) is 0 Å². The molecule has 0 aliphatic heterocycles. The summed E-state index contributed by atoms with van der Waals surface area (Å²) in [4.78, 5) is 2.28. The Hall–Kier alpha value is -0.590. The van der Waals surface area contributed by atoms with Crippen LogP contribution in [0.25, 0.3) is 0 Å². The summed E-state index contributed by atoms with van der Waals surface area (Å²) in [5, 5.41) is 8.50. The summed E-state index contributed by atoms with van der Waals surface area (Å²) in [6.07, 6.45) is 0.590. The van der Waals surface area contributed by atoms with Gasteiger partial charge in [0.2, 0.25) is 0 Å². The van der Waals surface area contributed by atoms with Crippen LogP contribution < -0.4 is 0 Å². The molecule has 0 aromatic heterocycles. The van der Waals surface area contributed by atoms with Crippen LogP contribution in [-0.2, 0) is 4.74 Å². The SMILES string of the molecule is COCC(C)N(CCC#N)C(C)C. The van der Waals surface area contributed by atoms with Gasteiger partial charge in [-0.25, -0.2) is 0 Å². The smallest absolute Gasteiger partial charge is 0.0635 e. The van der Waals surface area contributed by atoms with Gasteiger partial charge in [-0.3, -0.25) is 4.90 Å². The fourth-order valence-corrected chi connectivity index (χ4v) is 1.50. The number of nitriles is 1. The molecule has 0 bridgehead atoms. The number of rotatable bonds is 6. The summed E-state index contributed by atoms with van der Waals surface area (Å²) in [6.45, 7) is 7.97. The lowest BCUT2D eigenvalue weighted by Gasteiger charge is -2.31. The fourth-order valence-electron chi connectivity index (χ4n) is 1.50. The summed E-state index contributed by atoms with van der Waals surface area (Å²) in [6, 6.07) is 3.03. The Morgan fingerprint density at radius 3 is 2.38 bits per heavy atom. The van der Waals surface area contributed by atoms with Crippen LogP contribution in [0.2, 0.25) is 0 Å². The van der Waals surface area contributed by atoms with Crippen molar-refractivity contribution < 1.29 is 4.74 Å². The predicted molar refractivity (Wildman–Crippen MR) is 53.4 cm³/mol. The van der Waals surface area contributed by atoms with Gasteiger partial charge in [-0.05, 0) is 20.8 Å². The molecule has 0 rings (SSSR count). The molecule has 3 heteroatoms. The molecule has 0 saturated heterocycles. The van der Waals surface area contributed by atoms with E-state index in [-0.39, 0.29) is 0 Å². The molecule has 0 aliphatic carbocycles. The minimum absolute atomic E-state index is 0.387. The van der Waals surface area contributed by atoms with Crippen molar-refractivity contribution in [3.8, 4) is 6.07 Å². The zero-order valence-corrected chi connectivity index (χ0v) is 9.08. The molecule has 1 unspecified atom stereocenters. The third-order valence-corrected chi connectivity index (χ3v) is 2.12. The predicted octanol–water partition coefficient (Wildman–Crippen LogP) is 1.65. The standard InChI is InChI=1S/C10H20N2O/c1-9(2)12(7-5-6-11)10(3)8-13-4/h9-10H,5,7-8H2,1-4H3. The Bertz CT molecular complexity index is 163. The van der Waals surface area contributed by atoms with Gasteiger partial charge in [0.1, 0.15) is 0 Å². The quantitative estimate of drug-likeness (QED) is 0.629. The maximum atomic E-state index is 8.50. The Balaban J connectivity index is 4.00. The van der Waals surface area contributed by atoms with Crippen LogP contribution in [0.5, 0.6) is 0 Å². The normalized spacial score (nSPS) is 13.3. The van der Waals surface area contributed by atoms with E-state index in [0.29, 0.717) is 18.5 Å². The molecular weight excluding hydrogens is 164 g/mol. The molecule has 0 N–H and O–H groups in total. The third kappa shape index (κ3) is 4.87. The summed E-state index contributed by atoms with van der Waals surface area (Å²) in [5.41, 5.74) is 0. The first-order valence-corrected chi connectivity index (χ1v) is 4.75. The average Bonchev–Trinajstić information content (AvgIpc) is 2.05. The summed E-state index contributed by atoms with van der Waals surface area (Å²) >= 11 is 0. The highest BCUT2D eigenvalue weighted by Crippen LogP contribution is 2.06. The monoisotopic (exact) mass is 184 g/mol. The second-order valence-corrected chi connectivity index (χ2v) is 3.54. The van der Waals surface area contributed by atoms with E-state index in [1.165, 1.54) is 0 Å². The first-order valence-electron chi connectivity index (χ1n) is 4.75. The van der Waals surface area contributed by atoms with Crippen molar-refractivity contribution in [2.24, 2.45) is 0 Å². The number of hydrogen-bond donors (Lipinski definition) is 0. The summed E-state index contributed by atoms with van der Waals surface area (Å²) in [7, 11) is 1.71. The molecule has 3 nitrogen and oxygen atoms in total. The van der Waals surface area contributed by atoms with Crippen molar-refractivity contribution in [1.29, 1.82) is 5.26 Å². The maximum absolute atomic E-state index is 8.50. The van der Waals surface area contributed by atoms with E-state index in [9.17, 15) is 0 Å². The number of nitrogens with zero attached hydrogens (tertiary/aromatic N) is 2. The van der Waals surface area contributed by atoms with Gasteiger partial charge in [0.25, 0.3) is 0 Å². The highest BCUT2D eigenvalue weighted by molar-refractivity contribution is 4.77. The highest BCUT2D eigenvalue weighted by Gasteiger charge is 2.15. The van der Waals surface area contributed by atoms with Crippen LogP contribution in [0, 0.1) is 11.3 Å². The second kappa shape index (κ2) is 6.88. The molecule has 76 valence electrons. The van der Waals surface area contributed by atoms with Crippen molar-refractivity contribution >= 4 is 0 Å². The Labute approximate surface area is 81.3 Å². The van der Waals surface area contributed by atoms with E-state index in [4.69, 9.17) is 10.00 Å². The zero-order valence-electron chi connectivity index (χ0n) is 9.08. The zero-order chi connectivity index (χ0) is 10.3. The minimum Gasteiger partial charge on any atom is -0.383 e. The topological polar surface area (TPSA) is 36.3 Å². The lowest BCUT2D eigenvalue weighted by atomic mass is 10.2. The molecule has 0 fully saturated rings. The van der Waals surface area contributed by atoms with Gasteiger partial charge in [0.15, 0.2) is 0 Å². The van der Waals surface area contributed by atoms with E-state index in [0.717, 1.165) is 13.2 Å². The molecule has 0 amide bonds. The maximum Gasteiger partial charge on any atom is 0.0635 e. The average molecular weight is 184 g/mol. The molecular formula is C10H20N2O. The van der Waals surface area contributed by atoms with Gasteiger partial charge in [-0.1, -0.05) is 0 Å².